The molecule has 3 heterocycles. The number of rotatable bonds is 4. The van der Waals surface area contributed by atoms with Gasteiger partial charge in [0.25, 0.3) is 0 Å². The van der Waals surface area contributed by atoms with Crippen LogP contribution in [0.15, 0.2) is 24.5 Å². The molecule has 32 heavy (non-hydrogen) atoms. The van der Waals surface area contributed by atoms with Crippen LogP contribution in [0.5, 0.6) is 11.8 Å². The van der Waals surface area contributed by atoms with E-state index in [2.05, 4.69) is 14.9 Å². The highest BCUT2D eigenvalue weighted by atomic mass is 19.1. The lowest BCUT2D eigenvalue weighted by Gasteiger charge is -2.21. The van der Waals surface area contributed by atoms with Gasteiger partial charge in [0.1, 0.15) is 17.5 Å². The Kier molecular flexibility index (Phi) is 4.24. The third-order valence-corrected chi connectivity index (χ3v) is 7.11. The number of aryl methyl sites for hydroxylation is 2. The van der Waals surface area contributed by atoms with Crippen molar-refractivity contribution in [2.24, 2.45) is 11.1 Å². The maximum Gasteiger partial charge on any atom is 0.324 e. The molecule has 3 aromatic rings. The van der Waals surface area contributed by atoms with E-state index in [-0.39, 0.29) is 23.3 Å². The summed E-state index contributed by atoms with van der Waals surface area (Å²) in [5, 5.41) is 0. The summed E-state index contributed by atoms with van der Waals surface area (Å²) in [5.74, 6) is 1.70. The number of benzene rings is 1. The van der Waals surface area contributed by atoms with Crippen LogP contribution in [-0.4, -0.2) is 39.1 Å². The topological polar surface area (TPSA) is 90.0 Å². The van der Waals surface area contributed by atoms with Crippen LogP contribution in [0.1, 0.15) is 42.4 Å². The fourth-order valence-electron chi connectivity index (χ4n) is 5.14. The summed E-state index contributed by atoms with van der Waals surface area (Å²) in [6.07, 6.45) is 6.92. The minimum atomic E-state index is -0.228. The molecule has 1 spiro atoms. The summed E-state index contributed by atoms with van der Waals surface area (Å²) < 4.78 is 20.4. The summed E-state index contributed by atoms with van der Waals surface area (Å²) >= 11 is 0. The molecule has 1 aliphatic heterocycles. The first-order valence-electron chi connectivity index (χ1n) is 11.2. The van der Waals surface area contributed by atoms with Gasteiger partial charge in [0.2, 0.25) is 0 Å². The molecule has 7 nitrogen and oxygen atoms in total. The zero-order valence-corrected chi connectivity index (χ0v) is 18.2. The SMILES string of the molecule is CCc1cc(F)cc2c1Cc1nc(Oc3cnc(C)nc3)nc(N3CC(N)C4(CC4)C3)c1-2. The second-order valence-corrected chi connectivity index (χ2v) is 9.19. The van der Waals surface area contributed by atoms with E-state index in [0.717, 1.165) is 66.1 Å². The summed E-state index contributed by atoms with van der Waals surface area (Å²) in [6.45, 7) is 5.45. The number of anilines is 1. The molecule has 1 saturated carbocycles. The minimum absolute atomic E-state index is 0.113. The van der Waals surface area contributed by atoms with Gasteiger partial charge in [0.05, 0.1) is 18.1 Å². The molecule has 1 aromatic carbocycles. The normalized spacial score (nSPS) is 19.9. The third-order valence-electron chi connectivity index (χ3n) is 7.11. The van der Waals surface area contributed by atoms with Crippen LogP contribution in [0.2, 0.25) is 0 Å². The molecule has 0 bridgehead atoms. The Bertz CT molecular complexity index is 1220. The molecule has 8 heteroatoms. The molecule has 3 aliphatic rings. The maximum absolute atomic E-state index is 14.5. The van der Waals surface area contributed by atoms with Gasteiger partial charge in [-0.15, -0.1) is 0 Å². The van der Waals surface area contributed by atoms with Crippen molar-refractivity contribution in [3.05, 3.63) is 53.0 Å². The molecule has 0 amide bonds. The molecule has 164 valence electrons. The quantitative estimate of drug-likeness (QED) is 0.527. The predicted octanol–water partition coefficient (Wildman–Crippen LogP) is 3.57. The second kappa shape index (κ2) is 6.93. The van der Waals surface area contributed by atoms with E-state index in [1.807, 2.05) is 13.8 Å². The van der Waals surface area contributed by atoms with Gasteiger partial charge in [-0.2, -0.15) is 9.97 Å². The Labute approximate surface area is 185 Å². The van der Waals surface area contributed by atoms with E-state index in [0.29, 0.717) is 18.0 Å². The molecule has 1 saturated heterocycles. The Morgan fingerprint density at radius 2 is 2.00 bits per heavy atom. The highest BCUT2D eigenvalue weighted by Crippen LogP contribution is 2.54. The van der Waals surface area contributed by atoms with Gasteiger partial charge in [-0.25, -0.2) is 14.4 Å². The van der Waals surface area contributed by atoms with E-state index < -0.39 is 0 Å². The first-order chi connectivity index (χ1) is 15.5. The smallest absolute Gasteiger partial charge is 0.324 e. The van der Waals surface area contributed by atoms with E-state index in [1.54, 1.807) is 24.5 Å². The van der Waals surface area contributed by atoms with E-state index in [4.69, 9.17) is 20.4 Å². The maximum atomic E-state index is 14.5. The number of nitrogens with two attached hydrogens (primary N) is 1. The van der Waals surface area contributed by atoms with Crippen molar-refractivity contribution in [2.45, 2.75) is 45.6 Å². The molecular formula is C24H25FN6O. The van der Waals surface area contributed by atoms with Crippen LogP contribution in [0.25, 0.3) is 11.1 Å². The van der Waals surface area contributed by atoms with Crippen LogP contribution >= 0.6 is 0 Å². The Morgan fingerprint density at radius 1 is 1.22 bits per heavy atom. The van der Waals surface area contributed by atoms with E-state index in [9.17, 15) is 4.39 Å². The van der Waals surface area contributed by atoms with Crippen molar-refractivity contribution in [3.8, 4) is 22.9 Å². The average molecular weight is 433 g/mol. The Balaban J connectivity index is 1.47. The second-order valence-electron chi connectivity index (χ2n) is 9.19. The van der Waals surface area contributed by atoms with Gasteiger partial charge >= 0.3 is 6.01 Å². The number of halogens is 1. The van der Waals surface area contributed by atoms with Crippen molar-refractivity contribution in [1.82, 2.24) is 19.9 Å². The van der Waals surface area contributed by atoms with E-state index in [1.165, 1.54) is 0 Å². The minimum Gasteiger partial charge on any atom is -0.421 e. The van der Waals surface area contributed by atoms with Gasteiger partial charge in [-0.1, -0.05) is 6.92 Å². The fourth-order valence-corrected chi connectivity index (χ4v) is 5.14. The molecule has 2 N–H and O–H groups in total. The Morgan fingerprint density at radius 3 is 2.69 bits per heavy atom. The lowest BCUT2D eigenvalue weighted by Crippen LogP contribution is -2.30. The highest BCUT2D eigenvalue weighted by molar-refractivity contribution is 5.85. The van der Waals surface area contributed by atoms with Gasteiger partial charge in [0.15, 0.2) is 5.75 Å². The molecule has 2 fully saturated rings. The van der Waals surface area contributed by atoms with E-state index >= 15 is 0 Å². The summed E-state index contributed by atoms with van der Waals surface area (Å²) in [4.78, 5) is 20.2. The highest BCUT2D eigenvalue weighted by Gasteiger charge is 2.54. The molecule has 1 atom stereocenters. The number of nitrogens with zero attached hydrogens (tertiary/aromatic N) is 5. The molecular weight excluding hydrogens is 407 g/mol. The summed E-state index contributed by atoms with van der Waals surface area (Å²) in [5.41, 5.74) is 11.5. The zero-order valence-electron chi connectivity index (χ0n) is 18.2. The number of hydrogen-bond acceptors (Lipinski definition) is 7. The molecule has 2 aromatic heterocycles. The largest absolute Gasteiger partial charge is 0.421 e. The van der Waals surface area contributed by atoms with Crippen molar-refractivity contribution >= 4 is 5.82 Å². The average Bonchev–Trinajstić information content (AvgIpc) is 3.36. The Hall–Kier alpha value is -3.13. The van der Waals surface area contributed by atoms with Gasteiger partial charge in [0, 0.05) is 36.5 Å². The molecule has 1 unspecified atom stereocenters. The van der Waals surface area contributed by atoms with Crippen molar-refractivity contribution in [2.75, 3.05) is 18.0 Å². The van der Waals surface area contributed by atoms with Crippen LogP contribution in [0, 0.1) is 18.2 Å². The zero-order chi connectivity index (χ0) is 22.0. The first-order valence-corrected chi connectivity index (χ1v) is 11.2. The van der Waals surface area contributed by atoms with Crippen LogP contribution in [0.4, 0.5) is 10.2 Å². The third kappa shape index (κ3) is 3.04. The predicted molar refractivity (Wildman–Crippen MR) is 118 cm³/mol. The van der Waals surface area contributed by atoms with Gasteiger partial charge < -0.3 is 15.4 Å². The van der Waals surface area contributed by atoms with Crippen molar-refractivity contribution < 1.29 is 9.13 Å². The standard InChI is InChI=1S/C24H25FN6O/c1-3-14-6-15(25)7-18-17(14)8-19-21(18)22(31-11-20(26)24(12-31)4-5-24)30-23(29-19)32-16-9-27-13(2)28-10-16/h6-7,9-10,20H,3-5,8,11-12,26H2,1-2H3. The monoisotopic (exact) mass is 432 g/mol. The first kappa shape index (κ1) is 19.5. The van der Waals surface area contributed by atoms with Crippen molar-refractivity contribution in [1.29, 1.82) is 0 Å². The van der Waals surface area contributed by atoms with Crippen LogP contribution in [-0.2, 0) is 12.8 Å². The van der Waals surface area contributed by atoms with Crippen molar-refractivity contribution in [3.63, 3.8) is 0 Å². The lowest BCUT2D eigenvalue weighted by molar-refractivity contribution is 0.435. The van der Waals surface area contributed by atoms with Gasteiger partial charge in [-0.3, -0.25) is 0 Å². The summed E-state index contributed by atoms with van der Waals surface area (Å²) in [7, 11) is 0. The number of aromatic nitrogens is 4. The molecule has 0 radical (unpaired) electrons. The number of hydrogen-bond donors (Lipinski definition) is 1. The van der Waals surface area contributed by atoms with Crippen LogP contribution < -0.4 is 15.4 Å². The van der Waals surface area contributed by atoms with Crippen LogP contribution in [0.3, 0.4) is 0 Å². The fraction of sp³-hybridized carbons (Fsp3) is 0.417. The molecule has 6 rings (SSSR count). The number of fused-ring (bicyclic) bond motifs is 3. The summed E-state index contributed by atoms with van der Waals surface area (Å²) in [6, 6.07) is 3.61. The van der Waals surface area contributed by atoms with Gasteiger partial charge in [-0.05, 0) is 55.0 Å². The lowest BCUT2D eigenvalue weighted by atomic mass is 9.99. The molecule has 2 aliphatic carbocycles. The number of ether oxygens (including phenoxy) is 1.